The zero-order chi connectivity index (χ0) is 10.4. The van der Waals surface area contributed by atoms with Gasteiger partial charge in [-0.1, -0.05) is 6.07 Å². The van der Waals surface area contributed by atoms with Crippen LogP contribution in [0, 0.1) is 5.41 Å². The van der Waals surface area contributed by atoms with E-state index in [1.807, 2.05) is 38.1 Å². The molecule has 0 bridgehead atoms. The molecule has 0 radical (unpaired) electrons. The molecular weight excluding hydrogens is 178 g/mol. The Balaban J connectivity index is 2.77. The van der Waals surface area contributed by atoms with Crippen molar-refractivity contribution in [3.8, 4) is 5.75 Å². The lowest BCUT2D eigenvalue weighted by Gasteiger charge is -2.07. The van der Waals surface area contributed by atoms with Crippen LogP contribution in [-0.4, -0.2) is 19.1 Å². The summed E-state index contributed by atoms with van der Waals surface area (Å²) in [5.41, 5.74) is 0.748. The number of nitrogens with one attached hydrogen (secondary N) is 1. The number of hydrogen-bond acceptors (Lipinski definition) is 3. The first kappa shape index (κ1) is 10.6. The van der Waals surface area contributed by atoms with E-state index in [9.17, 15) is 0 Å². The van der Waals surface area contributed by atoms with E-state index in [0.29, 0.717) is 13.2 Å². The van der Waals surface area contributed by atoms with Crippen molar-refractivity contribution < 1.29 is 9.47 Å². The van der Waals surface area contributed by atoms with Crippen molar-refractivity contribution in [1.29, 1.82) is 5.41 Å². The van der Waals surface area contributed by atoms with E-state index >= 15 is 0 Å². The minimum atomic E-state index is 0.189. The fourth-order valence-corrected chi connectivity index (χ4v) is 1.12. The van der Waals surface area contributed by atoms with Crippen LogP contribution in [-0.2, 0) is 4.74 Å². The third-order valence-corrected chi connectivity index (χ3v) is 1.70. The molecule has 0 heterocycles. The molecule has 76 valence electrons. The van der Waals surface area contributed by atoms with Crippen LogP contribution >= 0.6 is 0 Å². The molecule has 1 rings (SSSR count). The fraction of sp³-hybridized carbons (Fsp3) is 0.364. The van der Waals surface area contributed by atoms with Crippen LogP contribution in [0.4, 0.5) is 0 Å². The van der Waals surface area contributed by atoms with E-state index in [4.69, 9.17) is 14.9 Å². The minimum Gasteiger partial charge on any atom is -0.494 e. The maximum absolute atomic E-state index is 7.58. The normalized spacial score (nSPS) is 9.57. The highest BCUT2D eigenvalue weighted by Gasteiger charge is 2.02. The molecule has 0 fully saturated rings. The van der Waals surface area contributed by atoms with Gasteiger partial charge in [0.05, 0.1) is 13.2 Å². The molecule has 0 saturated carbocycles. The standard InChI is InChI=1S/C11H15NO2/c1-3-13-10-7-5-6-9(8-10)11(12)14-4-2/h5-8,12H,3-4H2,1-2H3. The zero-order valence-electron chi connectivity index (χ0n) is 8.54. The smallest absolute Gasteiger partial charge is 0.213 e. The highest BCUT2D eigenvalue weighted by atomic mass is 16.5. The van der Waals surface area contributed by atoms with Gasteiger partial charge in [0.15, 0.2) is 0 Å². The first-order chi connectivity index (χ1) is 6.77. The van der Waals surface area contributed by atoms with Gasteiger partial charge in [0.25, 0.3) is 0 Å². The number of hydrogen-bond donors (Lipinski definition) is 1. The van der Waals surface area contributed by atoms with Crippen molar-refractivity contribution >= 4 is 5.90 Å². The second-order valence-electron chi connectivity index (χ2n) is 2.72. The predicted molar refractivity (Wildman–Crippen MR) is 56.1 cm³/mol. The number of benzene rings is 1. The maximum Gasteiger partial charge on any atom is 0.213 e. The lowest BCUT2D eigenvalue weighted by atomic mass is 10.2. The fourth-order valence-electron chi connectivity index (χ4n) is 1.12. The van der Waals surface area contributed by atoms with Gasteiger partial charge in [-0.15, -0.1) is 0 Å². The molecule has 1 N–H and O–H groups in total. The summed E-state index contributed by atoms with van der Waals surface area (Å²) in [5, 5.41) is 7.58. The summed E-state index contributed by atoms with van der Waals surface area (Å²) in [4.78, 5) is 0. The molecule has 1 aromatic carbocycles. The second kappa shape index (κ2) is 5.27. The average Bonchev–Trinajstić information content (AvgIpc) is 2.19. The minimum absolute atomic E-state index is 0.189. The first-order valence-electron chi connectivity index (χ1n) is 4.72. The van der Waals surface area contributed by atoms with Gasteiger partial charge in [-0.05, 0) is 32.0 Å². The molecule has 0 spiro atoms. The molecule has 14 heavy (non-hydrogen) atoms. The molecule has 3 heteroatoms. The number of rotatable bonds is 4. The number of ether oxygens (including phenoxy) is 2. The monoisotopic (exact) mass is 193 g/mol. The molecule has 0 atom stereocenters. The van der Waals surface area contributed by atoms with Crippen molar-refractivity contribution in [3.63, 3.8) is 0 Å². The predicted octanol–water partition coefficient (Wildman–Crippen LogP) is 2.45. The highest BCUT2D eigenvalue weighted by Crippen LogP contribution is 2.13. The molecule has 0 aliphatic heterocycles. The van der Waals surface area contributed by atoms with Gasteiger partial charge in [0, 0.05) is 5.56 Å². The van der Waals surface area contributed by atoms with Crippen molar-refractivity contribution in [1.82, 2.24) is 0 Å². The van der Waals surface area contributed by atoms with Crippen LogP contribution in [0.25, 0.3) is 0 Å². The average molecular weight is 193 g/mol. The Hall–Kier alpha value is -1.51. The summed E-state index contributed by atoms with van der Waals surface area (Å²) in [7, 11) is 0. The molecule has 0 aliphatic carbocycles. The molecule has 0 aromatic heterocycles. The molecule has 0 unspecified atom stereocenters. The Kier molecular flexibility index (Phi) is 3.98. The van der Waals surface area contributed by atoms with E-state index in [1.165, 1.54) is 0 Å². The Morgan fingerprint density at radius 2 is 2.07 bits per heavy atom. The van der Waals surface area contributed by atoms with Gasteiger partial charge < -0.3 is 9.47 Å². The van der Waals surface area contributed by atoms with E-state index < -0.39 is 0 Å². The Morgan fingerprint density at radius 1 is 1.29 bits per heavy atom. The van der Waals surface area contributed by atoms with Crippen molar-refractivity contribution in [2.45, 2.75) is 13.8 Å². The molecular formula is C11H15NO2. The van der Waals surface area contributed by atoms with E-state index in [2.05, 4.69) is 0 Å². The van der Waals surface area contributed by atoms with Crippen LogP contribution < -0.4 is 4.74 Å². The quantitative estimate of drug-likeness (QED) is 0.589. The Morgan fingerprint density at radius 3 is 2.71 bits per heavy atom. The third kappa shape index (κ3) is 2.76. The maximum atomic E-state index is 7.58. The largest absolute Gasteiger partial charge is 0.494 e. The summed E-state index contributed by atoms with van der Waals surface area (Å²) in [5.74, 6) is 0.962. The van der Waals surface area contributed by atoms with Gasteiger partial charge in [-0.2, -0.15) is 0 Å². The SMILES string of the molecule is CCOC(=N)c1cccc(OCC)c1. The van der Waals surface area contributed by atoms with Gasteiger partial charge in [0.1, 0.15) is 5.75 Å². The molecule has 0 saturated heterocycles. The van der Waals surface area contributed by atoms with Gasteiger partial charge >= 0.3 is 0 Å². The van der Waals surface area contributed by atoms with Crippen LogP contribution in [0.15, 0.2) is 24.3 Å². The molecule has 0 aliphatic rings. The highest BCUT2D eigenvalue weighted by molar-refractivity contribution is 5.91. The molecule has 1 aromatic rings. The summed E-state index contributed by atoms with van der Waals surface area (Å²) in [6.07, 6.45) is 0. The molecule has 0 amide bonds. The lowest BCUT2D eigenvalue weighted by Crippen LogP contribution is -2.04. The zero-order valence-corrected chi connectivity index (χ0v) is 8.54. The van der Waals surface area contributed by atoms with Gasteiger partial charge in [0.2, 0.25) is 5.90 Å². The van der Waals surface area contributed by atoms with Crippen LogP contribution in [0.1, 0.15) is 19.4 Å². The van der Waals surface area contributed by atoms with Crippen LogP contribution in [0.2, 0.25) is 0 Å². The van der Waals surface area contributed by atoms with Gasteiger partial charge in [-0.25, -0.2) is 0 Å². The summed E-state index contributed by atoms with van der Waals surface area (Å²) in [6, 6.07) is 7.36. The Bertz CT molecular complexity index is 310. The lowest BCUT2D eigenvalue weighted by molar-refractivity contribution is 0.324. The third-order valence-electron chi connectivity index (χ3n) is 1.70. The van der Waals surface area contributed by atoms with E-state index in [0.717, 1.165) is 11.3 Å². The summed E-state index contributed by atoms with van der Waals surface area (Å²) >= 11 is 0. The van der Waals surface area contributed by atoms with Crippen LogP contribution in [0.5, 0.6) is 5.75 Å². The van der Waals surface area contributed by atoms with Crippen molar-refractivity contribution in [3.05, 3.63) is 29.8 Å². The summed E-state index contributed by atoms with van der Waals surface area (Å²) in [6.45, 7) is 4.94. The topological polar surface area (TPSA) is 42.3 Å². The van der Waals surface area contributed by atoms with E-state index in [-0.39, 0.29) is 5.90 Å². The van der Waals surface area contributed by atoms with Crippen molar-refractivity contribution in [2.75, 3.05) is 13.2 Å². The summed E-state index contributed by atoms with van der Waals surface area (Å²) < 4.78 is 10.4. The first-order valence-corrected chi connectivity index (χ1v) is 4.72. The van der Waals surface area contributed by atoms with Crippen molar-refractivity contribution in [2.24, 2.45) is 0 Å². The Labute approximate surface area is 84.2 Å². The second-order valence-corrected chi connectivity index (χ2v) is 2.72. The van der Waals surface area contributed by atoms with E-state index in [1.54, 1.807) is 0 Å². The van der Waals surface area contributed by atoms with Crippen LogP contribution in [0.3, 0.4) is 0 Å². The van der Waals surface area contributed by atoms with Gasteiger partial charge in [-0.3, -0.25) is 5.41 Å². The molecule has 3 nitrogen and oxygen atoms in total.